The van der Waals surface area contributed by atoms with Crippen molar-refractivity contribution in [3.63, 3.8) is 0 Å². The Morgan fingerprint density at radius 3 is 2.74 bits per heavy atom. The molecule has 0 saturated carbocycles. The van der Waals surface area contributed by atoms with Gasteiger partial charge in [0.1, 0.15) is 0 Å². The number of aryl methyl sites for hydroxylation is 1. The van der Waals surface area contributed by atoms with E-state index in [0.29, 0.717) is 11.4 Å². The maximum absolute atomic E-state index is 12.2. The zero-order valence-corrected chi connectivity index (χ0v) is 11.7. The molecular weight excluding hydrogens is 262 g/mol. The van der Waals surface area contributed by atoms with Crippen LogP contribution in [-0.4, -0.2) is 46.2 Å². The van der Waals surface area contributed by atoms with Crippen LogP contribution in [0.4, 0.5) is 0 Å². The SMILES string of the molecule is Cc1cccc2c1S(=O)(=O)C=C2CN1CCOCC1. The molecule has 0 amide bonds. The van der Waals surface area contributed by atoms with Gasteiger partial charge in [0.25, 0.3) is 0 Å². The lowest BCUT2D eigenvalue weighted by molar-refractivity contribution is 0.0444. The average Bonchev–Trinajstić information content (AvgIpc) is 2.63. The highest BCUT2D eigenvalue weighted by Crippen LogP contribution is 2.35. The Morgan fingerprint density at radius 2 is 2.00 bits per heavy atom. The summed E-state index contributed by atoms with van der Waals surface area (Å²) in [5.41, 5.74) is 2.60. The third-order valence-electron chi connectivity index (χ3n) is 3.64. The van der Waals surface area contributed by atoms with E-state index >= 15 is 0 Å². The standard InChI is InChI=1S/C14H17NO3S/c1-11-3-2-4-13-12(10-19(16,17)14(11)13)9-15-5-7-18-8-6-15/h2-4,10H,5-9H2,1H3. The minimum absolute atomic E-state index is 0.484. The summed E-state index contributed by atoms with van der Waals surface area (Å²) in [4.78, 5) is 2.72. The van der Waals surface area contributed by atoms with Gasteiger partial charge in [-0.2, -0.15) is 0 Å². The smallest absolute Gasteiger partial charge is 0.201 e. The second-order valence-electron chi connectivity index (χ2n) is 5.03. The van der Waals surface area contributed by atoms with Gasteiger partial charge in [0.2, 0.25) is 9.84 Å². The zero-order chi connectivity index (χ0) is 13.5. The normalized spacial score (nSPS) is 22.1. The van der Waals surface area contributed by atoms with Crippen LogP contribution in [0.2, 0.25) is 0 Å². The van der Waals surface area contributed by atoms with Crippen molar-refractivity contribution in [1.29, 1.82) is 0 Å². The van der Waals surface area contributed by atoms with Crippen LogP contribution in [0.5, 0.6) is 0 Å². The van der Waals surface area contributed by atoms with Crippen LogP contribution in [0.15, 0.2) is 28.5 Å². The highest BCUT2D eigenvalue weighted by Gasteiger charge is 2.29. The van der Waals surface area contributed by atoms with E-state index in [2.05, 4.69) is 4.90 Å². The lowest BCUT2D eigenvalue weighted by Gasteiger charge is -2.27. The molecule has 1 fully saturated rings. The van der Waals surface area contributed by atoms with Crippen LogP contribution in [0, 0.1) is 6.92 Å². The first-order valence-electron chi connectivity index (χ1n) is 6.44. The molecule has 0 aromatic heterocycles. The van der Waals surface area contributed by atoms with Gasteiger partial charge in [0.15, 0.2) is 0 Å². The number of ether oxygens (including phenoxy) is 1. The lowest BCUT2D eigenvalue weighted by atomic mass is 10.0. The van der Waals surface area contributed by atoms with Crippen molar-refractivity contribution < 1.29 is 13.2 Å². The minimum Gasteiger partial charge on any atom is -0.379 e. The van der Waals surface area contributed by atoms with E-state index in [0.717, 1.165) is 43.0 Å². The molecule has 0 radical (unpaired) electrons. The molecule has 3 rings (SSSR count). The monoisotopic (exact) mass is 279 g/mol. The van der Waals surface area contributed by atoms with Crippen molar-refractivity contribution in [2.24, 2.45) is 0 Å². The molecule has 0 atom stereocenters. The zero-order valence-electron chi connectivity index (χ0n) is 10.9. The van der Waals surface area contributed by atoms with Crippen molar-refractivity contribution in [2.45, 2.75) is 11.8 Å². The lowest BCUT2D eigenvalue weighted by Crippen LogP contribution is -2.37. The molecule has 0 spiro atoms. The summed E-state index contributed by atoms with van der Waals surface area (Å²) >= 11 is 0. The minimum atomic E-state index is -3.26. The second-order valence-corrected chi connectivity index (χ2v) is 6.76. The van der Waals surface area contributed by atoms with Crippen LogP contribution in [0.1, 0.15) is 11.1 Å². The van der Waals surface area contributed by atoms with Crippen LogP contribution in [0.3, 0.4) is 0 Å². The van der Waals surface area contributed by atoms with Gasteiger partial charge < -0.3 is 4.74 Å². The molecule has 19 heavy (non-hydrogen) atoms. The summed E-state index contributed by atoms with van der Waals surface area (Å²) in [6.45, 7) is 5.69. The Bertz CT molecular complexity index is 628. The quantitative estimate of drug-likeness (QED) is 0.822. The third kappa shape index (κ3) is 2.33. The maximum Gasteiger partial charge on any atom is 0.201 e. The summed E-state index contributed by atoms with van der Waals surface area (Å²) < 4.78 is 29.7. The Kier molecular flexibility index (Phi) is 3.20. The fourth-order valence-corrected chi connectivity index (χ4v) is 4.43. The van der Waals surface area contributed by atoms with E-state index in [1.54, 1.807) is 0 Å². The topological polar surface area (TPSA) is 46.6 Å². The summed E-state index contributed by atoms with van der Waals surface area (Å²) in [5, 5.41) is 1.43. The molecule has 1 saturated heterocycles. The number of fused-ring (bicyclic) bond motifs is 1. The number of sulfone groups is 1. The van der Waals surface area contributed by atoms with Gasteiger partial charge >= 0.3 is 0 Å². The van der Waals surface area contributed by atoms with Crippen LogP contribution < -0.4 is 0 Å². The first-order chi connectivity index (χ1) is 9.08. The fraction of sp³-hybridized carbons (Fsp3) is 0.429. The van der Waals surface area contributed by atoms with E-state index in [9.17, 15) is 8.42 Å². The fourth-order valence-electron chi connectivity index (χ4n) is 2.72. The third-order valence-corrected chi connectivity index (χ3v) is 5.34. The van der Waals surface area contributed by atoms with Gasteiger partial charge in [-0.25, -0.2) is 8.42 Å². The predicted molar refractivity (Wildman–Crippen MR) is 73.6 cm³/mol. The molecule has 2 aliphatic heterocycles. The van der Waals surface area contributed by atoms with E-state index < -0.39 is 9.84 Å². The number of nitrogens with zero attached hydrogens (tertiary/aromatic N) is 1. The first-order valence-corrected chi connectivity index (χ1v) is 7.98. The molecule has 5 heteroatoms. The molecule has 2 aliphatic rings. The molecule has 1 aromatic rings. The summed E-state index contributed by atoms with van der Waals surface area (Å²) in [6.07, 6.45) is 0. The van der Waals surface area contributed by atoms with Crippen molar-refractivity contribution >= 4 is 15.4 Å². The number of hydrogen-bond acceptors (Lipinski definition) is 4. The van der Waals surface area contributed by atoms with Crippen LogP contribution >= 0.6 is 0 Å². The number of hydrogen-bond donors (Lipinski definition) is 0. The molecule has 1 aromatic carbocycles. The van der Waals surface area contributed by atoms with E-state index in [1.807, 2.05) is 25.1 Å². The van der Waals surface area contributed by atoms with Crippen LogP contribution in [-0.2, 0) is 14.6 Å². The average molecular weight is 279 g/mol. The first kappa shape index (κ1) is 12.8. The van der Waals surface area contributed by atoms with Crippen molar-refractivity contribution in [1.82, 2.24) is 4.90 Å². The second kappa shape index (κ2) is 4.74. The molecule has 4 nitrogen and oxygen atoms in total. The van der Waals surface area contributed by atoms with E-state index in [4.69, 9.17) is 4.74 Å². The Hall–Kier alpha value is -1.17. The molecule has 0 bridgehead atoms. The molecule has 0 aliphatic carbocycles. The van der Waals surface area contributed by atoms with Gasteiger partial charge in [-0.1, -0.05) is 18.2 Å². The van der Waals surface area contributed by atoms with Crippen molar-refractivity contribution in [2.75, 3.05) is 32.8 Å². The highest BCUT2D eigenvalue weighted by molar-refractivity contribution is 7.95. The number of rotatable bonds is 2. The largest absolute Gasteiger partial charge is 0.379 e. The predicted octanol–water partition coefficient (Wildman–Crippen LogP) is 1.46. The maximum atomic E-state index is 12.2. The van der Waals surface area contributed by atoms with E-state index in [-0.39, 0.29) is 0 Å². The van der Waals surface area contributed by atoms with Gasteiger partial charge in [0.05, 0.1) is 18.1 Å². The van der Waals surface area contributed by atoms with Crippen molar-refractivity contribution in [3.05, 3.63) is 34.7 Å². The Morgan fingerprint density at radius 1 is 1.26 bits per heavy atom. The van der Waals surface area contributed by atoms with Gasteiger partial charge in [-0.15, -0.1) is 0 Å². The highest BCUT2D eigenvalue weighted by atomic mass is 32.2. The Labute approximate surface area is 113 Å². The summed E-state index contributed by atoms with van der Waals surface area (Å²) in [5.74, 6) is 0. The summed E-state index contributed by atoms with van der Waals surface area (Å²) in [7, 11) is -3.26. The van der Waals surface area contributed by atoms with Crippen LogP contribution in [0.25, 0.3) is 5.57 Å². The Balaban J connectivity index is 1.94. The van der Waals surface area contributed by atoms with Gasteiger partial charge in [0, 0.05) is 25.0 Å². The van der Waals surface area contributed by atoms with E-state index in [1.165, 1.54) is 5.41 Å². The molecule has 0 unspecified atom stereocenters. The van der Waals surface area contributed by atoms with Gasteiger partial charge in [-0.3, -0.25) is 4.90 Å². The molecule has 102 valence electrons. The number of benzene rings is 1. The molecule has 0 N–H and O–H groups in total. The van der Waals surface area contributed by atoms with Crippen molar-refractivity contribution in [3.8, 4) is 0 Å². The molecular formula is C14H17NO3S. The van der Waals surface area contributed by atoms with Gasteiger partial charge in [-0.05, 0) is 23.6 Å². The molecule has 2 heterocycles. The summed E-state index contributed by atoms with van der Waals surface area (Å²) in [6, 6.07) is 5.67. The number of morpholine rings is 1.